The van der Waals surface area contributed by atoms with E-state index in [2.05, 4.69) is 31.5 Å². The number of carbonyl (C=O) groups is 2. The molecule has 2 amide bonds. The first kappa shape index (κ1) is 19.1. The third kappa shape index (κ3) is 4.72. The van der Waals surface area contributed by atoms with Gasteiger partial charge in [-0.3, -0.25) is 9.59 Å². The Morgan fingerprint density at radius 2 is 1.74 bits per heavy atom. The van der Waals surface area contributed by atoms with Crippen molar-refractivity contribution in [2.24, 2.45) is 0 Å². The summed E-state index contributed by atoms with van der Waals surface area (Å²) < 4.78 is 0.651. The van der Waals surface area contributed by atoms with Gasteiger partial charge in [0, 0.05) is 27.6 Å². The first-order valence-electron chi connectivity index (χ1n) is 8.03. The number of anilines is 2. The Morgan fingerprint density at radius 1 is 1.00 bits per heavy atom. The molecule has 3 rings (SSSR count). The second-order valence-corrected chi connectivity index (χ2v) is 7.07. The van der Waals surface area contributed by atoms with E-state index in [-0.39, 0.29) is 22.5 Å². The minimum Gasteiger partial charge on any atom is -0.322 e. The Labute approximate surface area is 169 Å². The Balaban J connectivity index is 1.80. The number of nitrogens with one attached hydrogen (secondary N) is 2. The molecule has 0 bridgehead atoms. The van der Waals surface area contributed by atoms with Crippen LogP contribution in [0.3, 0.4) is 0 Å². The zero-order chi connectivity index (χ0) is 19.4. The maximum atomic E-state index is 12.6. The van der Waals surface area contributed by atoms with Crippen LogP contribution in [0, 0.1) is 6.92 Å². The molecular weight excluding hydrogens is 430 g/mol. The highest BCUT2D eigenvalue weighted by molar-refractivity contribution is 9.10. The third-order valence-corrected chi connectivity index (χ3v) is 4.56. The van der Waals surface area contributed by atoms with Crippen molar-refractivity contribution in [3.8, 4) is 0 Å². The normalized spacial score (nSPS) is 10.3. The molecule has 136 valence electrons. The highest BCUT2D eigenvalue weighted by atomic mass is 79.9. The van der Waals surface area contributed by atoms with Gasteiger partial charge in [0.25, 0.3) is 11.8 Å². The van der Waals surface area contributed by atoms with Gasteiger partial charge in [-0.25, -0.2) is 4.98 Å². The number of carbonyl (C=O) groups excluding carboxylic acids is 2. The second-order valence-electron chi connectivity index (χ2n) is 5.80. The lowest BCUT2D eigenvalue weighted by Crippen LogP contribution is -2.15. The zero-order valence-corrected chi connectivity index (χ0v) is 16.6. The summed E-state index contributed by atoms with van der Waals surface area (Å²) in [4.78, 5) is 28.8. The van der Waals surface area contributed by atoms with Crippen molar-refractivity contribution in [3.63, 3.8) is 0 Å². The standard InChI is InChI=1S/C20H15BrClN3O2/c1-12-7-8-15(24-19(26)13-5-3-2-4-6-13)10-17(12)25-20(27)16-9-14(21)11-23-18(16)22/h2-11H,1H3,(H,24,26)(H,25,27). The number of rotatable bonds is 4. The van der Waals surface area contributed by atoms with E-state index in [4.69, 9.17) is 11.6 Å². The molecule has 0 aliphatic heterocycles. The van der Waals surface area contributed by atoms with Crippen LogP contribution in [0.1, 0.15) is 26.3 Å². The molecule has 0 aliphatic carbocycles. The van der Waals surface area contributed by atoms with Crippen LogP contribution >= 0.6 is 27.5 Å². The maximum absolute atomic E-state index is 12.6. The Bertz CT molecular complexity index is 1010. The number of halogens is 2. The van der Waals surface area contributed by atoms with E-state index in [0.29, 0.717) is 21.4 Å². The summed E-state index contributed by atoms with van der Waals surface area (Å²) in [5.74, 6) is -0.612. The lowest BCUT2D eigenvalue weighted by Gasteiger charge is -2.12. The Morgan fingerprint density at radius 3 is 2.48 bits per heavy atom. The SMILES string of the molecule is Cc1ccc(NC(=O)c2ccccc2)cc1NC(=O)c1cc(Br)cnc1Cl. The average molecular weight is 445 g/mol. The Hall–Kier alpha value is -2.70. The molecule has 2 N–H and O–H groups in total. The van der Waals surface area contributed by atoms with Crippen LogP contribution in [0.2, 0.25) is 5.15 Å². The maximum Gasteiger partial charge on any atom is 0.258 e. The fourth-order valence-corrected chi connectivity index (χ4v) is 2.92. The molecule has 0 unspecified atom stereocenters. The molecule has 0 spiro atoms. The predicted molar refractivity (Wildman–Crippen MR) is 110 cm³/mol. The zero-order valence-electron chi connectivity index (χ0n) is 14.3. The lowest BCUT2D eigenvalue weighted by molar-refractivity contribution is 0.101. The van der Waals surface area contributed by atoms with E-state index in [9.17, 15) is 9.59 Å². The van der Waals surface area contributed by atoms with E-state index in [0.717, 1.165) is 5.56 Å². The van der Waals surface area contributed by atoms with Gasteiger partial charge in [-0.15, -0.1) is 0 Å². The molecule has 5 nitrogen and oxygen atoms in total. The van der Waals surface area contributed by atoms with Crippen molar-refractivity contribution in [2.45, 2.75) is 6.92 Å². The Kier molecular flexibility index (Phi) is 5.88. The fraction of sp³-hybridized carbons (Fsp3) is 0.0500. The molecule has 1 aromatic heterocycles. The summed E-state index contributed by atoms with van der Waals surface area (Å²) in [7, 11) is 0. The molecule has 0 aliphatic rings. The monoisotopic (exact) mass is 443 g/mol. The van der Waals surface area contributed by atoms with Gasteiger partial charge < -0.3 is 10.6 Å². The van der Waals surface area contributed by atoms with Gasteiger partial charge in [0.2, 0.25) is 0 Å². The van der Waals surface area contributed by atoms with Gasteiger partial charge in [-0.1, -0.05) is 35.9 Å². The van der Waals surface area contributed by atoms with Crippen LogP contribution in [-0.4, -0.2) is 16.8 Å². The summed E-state index contributed by atoms with van der Waals surface area (Å²) in [6.07, 6.45) is 1.52. The number of pyridine rings is 1. The van der Waals surface area contributed by atoms with E-state index in [1.54, 1.807) is 42.5 Å². The molecule has 27 heavy (non-hydrogen) atoms. The summed E-state index contributed by atoms with van der Waals surface area (Å²) in [5, 5.41) is 5.75. The molecule has 1 heterocycles. The van der Waals surface area contributed by atoms with Crippen LogP contribution in [-0.2, 0) is 0 Å². The number of amides is 2. The van der Waals surface area contributed by atoms with Gasteiger partial charge in [-0.2, -0.15) is 0 Å². The van der Waals surface area contributed by atoms with Gasteiger partial charge >= 0.3 is 0 Å². The summed E-state index contributed by atoms with van der Waals surface area (Å²) in [6, 6.07) is 15.8. The van der Waals surface area contributed by atoms with E-state index >= 15 is 0 Å². The number of benzene rings is 2. The predicted octanol–water partition coefficient (Wildman–Crippen LogP) is 5.31. The molecule has 0 atom stereocenters. The van der Waals surface area contributed by atoms with Gasteiger partial charge in [0.1, 0.15) is 5.15 Å². The van der Waals surface area contributed by atoms with Crippen LogP contribution in [0.15, 0.2) is 65.3 Å². The lowest BCUT2D eigenvalue weighted by atomic mass is 10.1. The van der Waals surface area contributed by atoms with Gasteiger partial charge in [0.05, 0.1) is 5.56 Å². The summed E-state index contributed by atoms with van der Waals surface area (Å²) >= 11 is 9.29. The summed E-state index contributed by atoms with van der Waals surface area (Å²) in [6.45, 7) is 1.86. The van der Waals surface area contributed by atoms with Crippen LogP contribution in [0.25, 0.3) is 0 Å². The van der Waals surface area contributed by atoms with Crippen LogP contribution < -0.4 is 10.6 Å². The van der Waals surface area contributed by atoms with Crippen LogP contribution in [0.4, 0.5) is 11.4 Å². The minimum absolute atomic E-state index is 0.113. The highest BCUT2D eigenvalue weighted by Crippen LogP contribution is 2.24. The first-order valence-corrected chi connectivity index (χ1v) is 9.20. The van der Waals surface area contributed by atoms with Crippen molar-refractivity contribution in [1.29, 1.82) is 0 Å². The molecule has 0 fully saturated rings. The van der Waals surface area contributed by atoms with Crippen LogP contribution in [0.5, 0.6) is 0 Å². The number of hydrogen-bond donors (Lipinski definition) is 2. The molecule has 0 saturated heterocycles. The van der Waals surface area contributed by atoms with Crippen molar-refractivity contribution < 1.29 is 9.59 Å². The molecule has 0 radical (unpaired) electrons. The number of hydrogen-bond acceptors (Lipinski definition) is 3. The van der Waals surface area contributed by atoms with Crippen molar-refractivity contribution in [3.05, 3.63) is 87.1 Å². The average Bonchev–Trinajstić information content (AvgIpc) is 2.67. The quantitative estimate of drug-likeness (QED) is 0.536. The molecule has 3 aromatic rings. The van der Waals surface area contributed by atoms with E-state index in [1.807, 2.05) is 19.1 Å². The summed E-state index contributed by atoms with van der Waals surface area (Å²) in [5.41, 5.74) is 2.80. The minimum atomic E-state index is -0.386. The van der Waals surface area contributed by atoms with Gasteiger partial charge in [-0.05, 0) is 58.7 Å². The number of nitrogens with zero attached hydrogens (tertiary/aromatic N) is 1. The molecule has 0 saturated carbocycles. The highest BCUT2D eigenvalue weighted by Gasteiger charge is 2.14. The van der Waals surface area contributed by atoms with Gasteiger partial charge in [0.15, 0.2) is 0 Å². The fourth-order valence-electron chi connectivity index (χ4n) is 2.40. The van der Waals surface area contributed by atoms with E-state index < -0.39 is 0 Å². The molecule has 7 heteroatoms. The van der Waals surface area contributed by atoms with E-state index in [1.165, 1.54) is 6.20 Å². The number of aromatic nitrogens is 1. The molecule has 2 aromatic carbocycles. The smallest absolute Gasteiger partial charge is 0.258 e. The topological polar surface area (TPSA) is 71.1 Å². The third-order valence-electron chi connectivity index (χ3n) is 3.83. The van der Waals surface area contributed by atoms with Crippen molar-refractivity contribution >= 4 is 50.7 Å². The molecular formula is C20H15BrClN3O2. The first-order chi connectivity index (χ1) is 12.9. The second kappa shape index (κ2) is 8.33. The number of aryl methyl sites for hydroxylation is 1. The largest absolute Gasteiger partial charge is 0.322 e. The van der Waals surface area contributed by atoms with Crippen molar-refractivity contribution in [2.75, 3.05) is 10.6 Å². The van der Waals surface area contributed by atoms with Crippen molar-refractivity contribution in [1.82, 2.24) is 4.98 Å².